The van der Waals surface area contributed by atoms with Crippen molar-refractivity contribution >= 4 is 22.0 Å². The number of amides is 1. The number of carbonyl (C=O) groups excluding carboxylic acids is 1. The molecule has 1 fully saturated rings. The first-order valence-electron chi connectivity index (χ1n) is 7.33. The zero-order chi connectivity index (χ0) is 14.9. The van der Waals surface area contributed by atoms with Crippen LogP contribution in [0.2, 0.25) is 0 Å². The Morgan fingerprint density at radius 3 is 2.70 bits per heavy atom. The molecule has 20 heavy (non-hydrogen) atoms. The second-order valence-corrected chi connectivity index (χ2v) is 7.65. The Morgan fingerprint density at radius 1 is 1.40 bits per heavy atom. The molecule has 0 aromatic rings. The van der Waals surface area contributed by atoms with Gasteiger partial charge in [-0.3, -0.25) is 0 Å². The van der Waals surface area contributed by atoms with Gasteiger partial charge < -0.3 is 9.64 Å². The maximum absolute atomic E-state index is 12.3. The van der Waals surface area contributed by atoms with Gasteiger partial charge in [0.25, 0.3) is 0 Å². The molecule has 0 bridgehead atoms. The molecule has 0 radical (unpaired) electrons. The van der Waals surface area contributed by atoms with E-state index in [1.165, 1.54) is 10.1 Å². The Bertz CT molecular complexity index is 448. The highest BCUT2D eigenvalue weighted by atomic mass is 79.9. The molecule has 0 aromatic carbocycles. The molecule has 4 heteroatoms. The van der Waals surface area contributed by atoms with Crippen molar-refractivity contribution in [2.45, 2.75) is 58.6 Å². The lowest BCUT2D eigenvalue weighted by Crippen LogP contribution is -2.41. The predicted molar refractivity (Wildman–Crippen MR) is 84.8 cm³/mol. The highest BCUT2D eigenvalue weighted by Crippen LogP contribution is 2.35. The van der Waals surface area contributed by atoms with E-state index in [0.717, 1.165) is 25.8 Å². The molecule has 2 aliphatic rings. The van der Waals surface area contributed by atoms with Crippen molar-refractivity contribution in [2.24, 2.45) is 5.92 Å². The van der Waals surface area contributed by atoms with Crippen molar-refractivity contribution in [3.05, 3.63) is 22.2 Å². The quantitative estimate of drug-likeness (QED) is 0.695. The van der Waals surface area contributed by atoms with E-state index in [4.69, 9.17) is 4.74 Å². The lowest BCUT2D eigenvalue weighted by Gasteiger charge is -2.31. The fourth-order valence-corrected chi connectivity index (χ4v) is 3.10. The number of likely N-dealkylation sites (tertiary alicyclic amines) is 1. The fraction of sp³-hybridized carbons (Fsp3) is 0.688. The Balaban J connectivity index is 2.10. The molecule has 0 aromatic heterocycles. The second-order valence-electron chi connectivity index (χ2n) is 6.73. The van der Waals surface area contributed by atoms with Gasteiger partial charge in [-0.25, -0.2) is 4.79 Å². The van der Waals surface area contributed by atoms with E-state index >= 15 is 0 Å². The summed E-state index contributed by atoms with van der Waals surface area (Å²) in [7, 11) is 0. The molecule has 1 amide bonds. The van der Waals surface area contributed by atoms with Crippen LogP contribution in [0.5, 0.6) is 0 Å². The van der Waals surface area contributed by atoms with Crippen LogP contribution in [-0.2, 0) is 4.74 Å². The molecule has 1 heterocycles. The Morgan fingerprint density at radius 2 is 2.10 bits per heavy atom. The lowest BCUT2D eigenvalue weighted by molar-refractivity contribution is 0.0246. The van der Waals surface area contributed by atoms with Gasteiger partial charge in [0.2, 0.25) is 0 Å². The minimum atomic E-state index is -0.429. The van der Waals surface area contributed by atoms with Gasteiger partial charge in [0.15, 0.2) is 0 Å². The first-order valence-corrected chi connectivity index (χ1v) is 8.13. The number of carbonyl (C=O) groups is 1. The summed E-state index contributed by atoms with van der Waals surface area (Å²) in [4.78, 5) is 14.2. The van der Waals surface area contributed by atoms with Crippen LogP contribution in [-0.4, -0.2) is 29.2 Å². The third-order valence-corrected chi connectivity index (χ3v) is 4.82. The van der Waals surface area contributed by atoms with Gasteiger partial charge in [0, 0.05) is 6.54 Å². The summed E-state index contributed by atoms with van der Waals surface area (Å²) in [6.45, 7) is 8.75. The maximum atomic E-state index is 12.3. The molecule has 3 nitrogen and oxygen atoms in total. The third kappa shape index (κ3) is 3.66. The summed E-state index contributed by atoms with van der Waals surface area (Å²) < 4.78 is 6.76. The third-order valence-electron chi connectivity index (χ3n) is 3.78. The minimum absolute atomic E-state index is 0.179. The number of nitrogens with zero attached hydrogens (tertiary/aromatic N) is 1. The van der Waals surface area contributed by atoms with Crippen LogP contribution in [0.25, 0.3) is 0 Å². The van der Waals surface area contributed by atoms with Crippen LogP contribution < -0.4 is 0 Å². The van der Waals surface area contributed by atoms with Crippen molar-refractivity contribution < 1.29 is 9.53 Å². The standard InChI is InChI=1S/C16H24BrNO2/c1-11-10-12(7-8-13(11)17)14-6-5-9-18(14)15(19)20-16(2,3)4/h7-8,11,14H,5-6,9-10H2,1-4H3. The molecule has 0 saturated carbocycles. The highest BCUT2D eigenvalue weighted by Gasteiger charge is 2.35. The normalized spacial score (nSPS) is 27.1. The molecule has 1 saturated heterocycles. The average molecular weight is 342 g/mol. The van der Waals surface area contributed by atoms with Crippen LogP contribution in [0.3, 0.4) is 0 Å². The molecule has 0 N–H and O–H groups in total. The summed E-state index contributed by atoms with van der Waals surface area (Å²) in [5.74, 6) is 0.496. The summed E-state index contributed by atoms with van der Waals surface area (Å²) in [6, 6.07) is 0.212. The predicted octanol–water partition coefficient (Wildman–Crippen LogP) is 4.63. The van der Waals surface area contributed by atoms with E-state index in [0.29, 0.717) is 5.92 Å². The van der Waals surface area contributed by atoms with E-state index in [2.05, 4.69) is 35.0 Å². The molecule has 1 aliphatic carbocycles. The highest BCUT2D eigenvalue weighted by molar-refractivity contribution is 9.11. The molecule has 2 atom stereocenters. The van der Waals surface area contributed by atoms with Crippen molar-refractivity contribution in [3.63, 3.8) is 0 Å². The molecule has 2 unspecified atom stereocenters. The van der Waals surface area contributed by atoms with Crippen molar-refractivity contribution in [3.8, 4) is 0 Å². The van der Waals surface area contributed by atoms with Crippen LogP contribution in [0.1, 0.15) is 47.0 Å². The maximum Gasteiger partial charge on any atom is 0.410 e. The first kappa shape index (κ1) is 15.6. The Labute approximate surface area is 130 Å². The van der Waals surface area contributed by atoms with Crippen LogP contribution in [0.4, 0.5) is 4.79 Å². The number of rotatable bonds is 1. The first-order chi connectivity index (χ1) is 9.28. The summed E-state index contributed by atoms with van der Waals surface area (Å²) in [6.07, 6.45) is 7.22. The monoisotopic (exact) mass is 341 g/mol. The van der Waals surface area contributed by atoms with Crippen molar-refractivity contribution in [1.82, 2.24) is 4.90 Å². The summed E-state index contributed by atoms with van der Waals surface area (Å²) in [5.41, 5.74) is 0.922. The van der Waals surface area contributed by atoms with E-state index in [1.54, 1.807) is 0 Å². The van der Waals surface area contributed by atoms with Gasteiger partial charge in [0.1, 0.15) is 5.60 Å². The van der Waals surface area contributed by atoms with Crippen LogP contribution in [0.15, 0.2) is 22.2 Å². The summed E-state index contributed by atoms with van der Waals surface area (Å²) in [5, 5.41) is 0. The van der Waals surface area contributed by atoms with Crippen LogP contribution >= 0.6 is 15.9 Å². The number of allylic oxidation sites excluding steroid dienone is 3. The molecule has 0 spiro atoms. The number of hydrogen-bond acceptors (Lipinski definition) is 2. The summed E-state index contributed by atoms with van der Waals surface area (Å²) >= 11 is 3.58. The second kappa shape index (κ2) is 5.92. The number of ether oxygens (including phenoxy) is 1. The van der Waals surface area contributed by atoms with Gasteiger partial charge in [-0.15, -0.1) is 0 Å². The van der Waals surface area contributed by atoms with Crippen molar-refractivity contribution in [2.75, 3.05) is 6.54 Å². The topological polar surface area (TPSA) is 29.5 Å². The number of halogens is 1. The van der Waals surface area contributed by atoms with E-state index in [-0.39, 0.29) is 12.1 Å². The molecule has 112 valence electrons. The van der Waals surface area contributed by atoms with E-state index in [1.807, 2.05) is 25.7 Å². The minimum Gasteiger partial charge on any atom is -0.444 e. The zero-order valence-electron chi connectivity index (χ0n) is 12.8. The Kier molecular flexibility index (Phi) is 4.62. The van der Waals surface area contributed by atoms with Gasteiger partial charge in [-0.05, 0) is 56.0 Å². The fourth-order valence-electron chi connectivity index (χ4n) is 2.81. The zero-order valence-corrected chi connectivity index (χ0v) is 14.4. The number of hydrogen-bond donors (Lipinski definition) is 0. The molecule has 1 aliphatic heterocycles. The smallest absolute Gasteiger partial charge is 0.410 e. The Hall–Kier alpha value is -0.770. The molecule has 2 rings (SSSR count). The van der Waals surface area contributed by atoms with Gasteiger partial charge in [0.05, 0.1) is 6.04 Å². The molecular weight excluding hydrogens is 318 g/mol. The van der Waals surface area contributed by atoms with Gasteiger partial charge in [-0.1, -0.05) is 35.0 Å². The van der Waals surface area contributed by atoms with E-state index < -0.39 is 5.60 Å². The SMILES string of the molecule is CC1CC(C2CCCN2C(=O)OC(C)(C)C)=CC=C1Br. The van der Waals surface area contributed by atoms with Gasteiger partial charge in [-0.2, -0.15) is 0 Å². The lowest BCUT2D eigenvalue weighted by atomic mass is 9.90. The van der Waals surface area contributed by atoms with Crippen LogP contribution in [0, 0.1) is 5.92 Å². The largest absolute Gasteiger partial charge is 0.444 e. The molecular formula is C16H24BrNO2. The average Bonchev–Trinajstić information content (AvgIpc) is 2.79. The van der Waals surface area contributed by atoms with E-state index in [9.17, 15) is 4.79 Å². The van der Waals surface area contributed by atoms with Crippen molar-refractivity contribution in [1.29, 1.82) is 0 Å². The van der Waals surface area contributed by atoms with Gasteiger partial charge >= 0.3 is 6.09 Å².